The van der Waals surface area contributed by atoms with Gasteiger partial charge in [-0.25, -0.2) is 9.97 Å². The molecule has 4 aromatic rings. The predicted molar refractivity (Wildman–Crippen MR) is 133 cm³/mol. The van der Waals surface area contributed by atoms with Gasteiger partial charge in [0.1, 0.15) is 18.0 Å². The first-order chi connectivity index (χ1) is 17.1. The topological polar surface area (TPSA) is 107 Å². The molecule has 2 aromatic carbocycles. The molecule has 3 heterocycles. The zero-order chi connectivity index (χ0) is 24.4. The number of nitrogens with one attached hydrogen (secondary N) is 1. The van der Waals surface area contributed by atoms with Gasteiger partial charge in [-0.05, 0) is 25.0 Å². The van der Waals surface area contributed by atoms with Crippen molar-refractivity contribution in [1.29, 1.82) is 0 Å². The van der Waals surface area contributed by atoms with Gasteiger partial charge < -0.3 is 34.1 Å². The molecular formula is C25H28N6O4. The number of nitrogens with zero attached hydrogens (tertiary/aromatic N) is 5. The summed E-state index contributed by atoms with van der Waals surface area (Å²) in [5, 5.41) is 14.0. The number of imidazole rings is 1. The van der Waals surface area contributed by atoms with Gasteiger partial charge in [0.25, 0.3) is 0 Å². The molecule has 0 aliphatic carbocycles. The van der Waals surface area contributed by atoms with Gasteiger partial charge in [-0.2, -0.15) is 4.98 Å². The average Bonchev–Trinajstić information content (AvgIpc) is 3.57. The van der Waals surface area contributed by atoms with E-state index in [0.717, 1.165) is 36.0 Å². The first kappa shape index (κ1) is 22.7. The Morgan fingerprint density at radius 1 is 1.06 bits per heavy atom. The Balaban J connectivity index is 1.50. The first-order valence-electron chi connectivity index (χ1n) is 11.4. The molecule has 0 saturated carbocycles. The third kappa shape index (κ3) is 4.28. The molecule has 1 atom stereocenters. The molecule has 1 aliphatic rings. The summed E-state index contributed by atoms with van der Waals surface area (Å²) in [5.74, 6) is 3.52. The second-order valence-electron chi connectivity index (χ2n) is 8.24. The number of aliphatic hydroxyl groups excluding tert-OH is 1. The van der Waals surface area contributed by atoms with E-state index in [9.17, 15) is 5.11 Å². The maximum Gasteiger partial charge on any atom is 0.228 e. The van der Waals surface area contributed by atoms with Gasteiger partial charge in [0.15, 0.2) is 11.5 Å². The molecule has 2 N–H and O–H groups in total. The Morgan fingerprint density at radius 3 is 2.54 bits per heavy atom. The molecule has 1 fully saturated rings. The summed E-state index contributed by atoms with van der Waals surface area (Å²) in [6.07, 6.45) is 5.50. The molecule has 182 valence electrons. The molecule has 0 radical (unpaired) electrons. The number of methoxy groups -OCH3 is 3. The number of benzene rings is 2. The van der Waals surface area contributed by atoms with E-state index in [0.29, 0.717) is 34.8 Å². The predicted octanol–water partition coefficient (Wildman–Crippen LogP) is 3.55. The Bertz CT molecular complexity index is 1320. The minimum Gasteiger partial charge on any atom is -0.493 e. The summed E-state index contributed by atoms with van der Waals surface area (Å²) in [5.41, 5.74) is 1.63. The Kier molecular flexibility index (Phi) is 6.28. The normalized spacial score (nSPS) is 15.4. The lowest BCUT2D eigenvalue weighted by Gasteiger charge is -2.23. The molecule has 0 amide bonds. The van der Waals surface area contributed by atoms with Gasteiger partial charge in [0.05, 0.1) is 51.4 Å². The van der Waals surface area contributed by atoms with Crippen LogP contribution in [0, 0.1) is 0 Å². The van der Waals surface area contributed by atoms with E-state index < -0.39 is 0 Å². The van der Waals surface area contributed by atoms with Crippen LogP contribution in [0.4, 0.5) is 17.6 Å². The number of hydrogen-bond acceptors (Lipinski definition) is 9. The van der Waals surface area contributed by atoms with Crippen molar-refractivity contribution in [2.24, 2.45) is 0 Å². The van der Waals surface area contributed by atoms with E-state index in [-0.39, 0.29) is 12.6 Å². The SMILES string of the molecule is COc1cc(-n2cnc(Nc3nc(N4CCCC4CO)nc4ccccc34)c2)cc(OC)c1OC. The van der Waals surface area contributed by atoms with Crippen LogP contribution < -0.4 is 24.4 Å². The molecule has 0 spiro atoms. The Morgan fingerprint density at radius 2 is 1.83 bits per heavy atom. The molecule has 0 bridgehead atoms. The van der Waals surface area contributed by atoms with E-state index in [1.807, 2.05) is 47.2 Å². The second kappa shape index (κ2) is 9.67. The second-order valence-corrected chi connectivity index (χ2v) is 8.24. The molecule has 10 heteroatoms. The molecule has 5 rings (SSSR count). The van der Waals surface area contributed by atoms with Crippen LogP contribution in [0.25, 0.3) is 16.6 Å². The van der Waals surface area contributed by atoms with E-state index in [1.165, 1.54) is 0 Å². The molecule has 1 aliphatic heterocycles. The molecule has 1 saturated heterocycles. The largest absolute Gasteiger partial charge is 0.493 e. The summed E-state index contributed by atoms with van der Waals surface area (Å²) in [6, 6.07) is 11.6. The summed E-state index contributed by atoms with van der Waals surface area (Å²) < 4.78 is 18.2. The zero-order valence-electron chi connectivity index (χ0n) is 19.9. The van der Waals surface area contributed by atoms with Crippen molar-refractivity contribution in [3.8, 4) is 22.9 Å². The highest BCUT2D eigenvalue weighted by molar-refractivity contribution is 5.91. The summed E-state index contributed by atoms with van der Waals surface area (Å²) in [7, 11) is 4.74. The Labute approximate surface area is 203 Å². The summed E-state index contributed by atoms with van der Waals surface area (Å²) in [6.45, 7) is 0.900. The smallest absolute Gasteiger partial charge is 0.228 e. The molecule has 1 unspecified atom stereocenters. The van der Waals surface area contributed by atoms with Crippen molar-refractivity contribution in [1.82, 2.24) is 19.5 Å². The highest BCUT2D eigenvalue weighted by Gasteiger charge is 2.27. The Hall–Kier alpha value is -4.05. The van der Waals surface area contributed by atoms with E-state index in [1.54, 1.807) is 27.7 Å². The minimum absolute atomic E-state index is 0.0308. The lowest BCUT2D eigenvalue weighted by molar-refractivity contribution is 0.265. The molecule has 2 aromatic heterocycles. The monoisotopic (exact) mass is 476 g/mol. The van der Waals surface area contributed by atoms with Gasteiger partial charge in [0, 0.05) is 24.1 Å². The van der Waals surface area contributed by atoms with Gasteiger partial charge in [-0.1, -0.05) is 12.1 Å². The highest BCUT2D eigenvalue weighted by atomic mass is 16.5. The van der Waals surface area contributed by atoms with Crippen molar-refractivity contribution in [2.75, 3.05) is 44.7 Å². The van der Waals surface area contributed by atoms with Crippen LogP contribution in [0.3, 0.4) is 0 Å². The lowest BCUT2D eigenvalue weighted by Crippen LogP contribution is -2.33. The van der Waals surface area contributed by atoms with Crippen molar-refractivity contribution in [2.45, 2.75) is 18.9 Å². The van der Waals surface area contributed by atoms with E-state index >= 15 is 0 Å². The summed E-state index contributed by atoms with van der Waals surface area (Å²) in [4.78, 5) is 16.2. The maximum atomic E-state index is 9.78. The van der Waals surface area contributed by atoms with Crippen LogP contribution in [0.5, 0.6) is 17.2 Å². The third-order valence-electron chi connectivity index (χ3n) is 6.21. The summed E-state index contributed by atoms with van der Waals surface area (Å²) >= 11 is 0. The standard InChI is InChI=1S/C25H28N6O4/c1-33-20-11-17(12-21(34-2)23(20)35-3)30-13-22(26-15-30)28-24-18-8-4-5-9-19(18)27-25(29-24)31-10-6-7-16(31)14-32/h4-5,8-9,11-13,15-16,32H,6-7,10,14H2,1-3H3,(H,27,28,29). The van der Waals surface area contributed by atoms with Crippen LogP contribution in [0.1, 0.15) is 12.8 Å². The fraction of sp³-hybridized carbons (Fsp3) is 0.320. The fourth-order valence-electron chi connectivity index (χ4n) is 4.44. The fourth-order valence-corrected chi connectivity index (χ4v) is 4.44. The maximum absolute atomic E-state index is 9.78. The lowest BCUT2D eigenvalue weighted by atomic mass is 10.2. The number of aliphatic hydroxyl groups is 1. The van der Waals surface area contributed by atoms with Crippen molar-refractivity contribution < 1.29 is 19.3 Å². The number of aromatic nitrogens is 4. The van der Waals surface area contributed by atoms with Crippen LogP contribution >= 0.6 is 0 Å². The van der Waals surface area contributed by atoms with Crippen LogP contribution in [0.15, 0.2) is 48.9 Å². The minimum atomic E-state index is 0.0308. The van der Waals surface area contributed by atoms with Crippen LogP contribution in [-0.4, -0.2) is 65.1 Å². The number of fused-ring (bicyclic) bond motifs is 1. The number of para-hydroxylation sites is 1. The van der Waals surface area contributed by atoms with Crippen molar-refractivity contribution in [3.05, 3.63) is 48.9 Å². The molecule has 35 heavy (non-hydrogen) atoms. The number of rotatable bonds is 8. The van der Waals surface area contributed by atoms with E-state index in [2.05, 4.69) is 15.2 Å². The number of ether oxygens (including phenoxy) is 3. The van der Waals surface area contributed by atoms with Gasteiger partial charge in [0.2, 0.25) is 11.7 Å². The first-order valence-corrected chi connectivity index (χ1v) is 11.4. The van der Waals surface area contributed by atoms with Crippen molar-refractivity contribution >= 4 is 28.5 Å². The average molecular weight is 477 g/mol. The molecule has 10 nitrogen and oxygen atoms in total. The zero-order valence-corrected chi connectivity index (χ0v) is 19.9. The highest BCUT2D eigenvalue weighted by Crippen LogP contribution is 2.39. The number of hydrogen-bond donors (Lipinski definition) is 2. The van der Waals surface area contributed by atoms with Gasteiger partial charge >= 0.3 is 0 Å². The molecular weight excluding hydrogens is 448 g/mol. The van der Waals surface area contributed by atoms with Gasteiger partial charge in [-0.15, -0.1) is 0 Å². The van der Waals surface area contributed by atoms with Crippen LogP contribution in [0.2, 0.25) is 0 Å². The van der Waals surface area contributed by atoms with E-state index in [4.69, 9.17) is 24.2 Å². The number of anilines is 3. The third-order valence-corrected chi connectivity index (χ3v) is 6.21. The quantitative estimate of drug-likeness (QED) is 0.395. The van der Waals surface area contributed by atoms with Crippen molar-refractivity contribution in [3.63, 3.8) is 0 Å². The van der Waals surface area contributed by atoms with Crippen LogP contribution in [-0.2, 0) is 0 Å². The van der Waals surface area contributed by atoms with Gasteiger partial charge in [-0.3, -0.25) is 0 Å².